The van der Waals surface area contributed by atoms with Crippen LogP contribution in [0, 0.1) is 0 Å². The monoisotopic (exact) mass is 239 g/mol. The van der Waals surface area contributed by atoms with Crippen molar-refractivity contribution < 1.29 is 19.4 Å². The van der Waals surface area contributed by atoms with Crippen molar-refractivity contribution in [2.75, 3.05) is 26.2 Å². The van der Waals surface area contributed by atoms with Gasteiger partial charge in [0.15, 0.2) is 0 Å². The molecule has 1 aromatic rings. The van der Waals surface area contributed by atoms with E-state index in [0.717, 1.165) is 0 Å². The number of likely N-dealkylation sites (N-methyl/N-ethyl adjacent to an activating group) is 1. The molecule has 17 heavy (non-hydrogen) atoms. The number of hydrogen-bond acceptors (Lipinski definition) is 4. The summed E-state index contributed by atoms with van der Waals surface area (Å²) in [5, 5.41) is 8.99. The summed E-state index contributed by atoms with van der Waals surface area (Å²) in [6.45, 7) is 1.61. The van der Waals surface area contributed by atoms with Crippen molar-refractivity contribution in [1.82, 2.24) is 0 Å². The predicted molar refractivity (Wildman–Crippen MR) is 65.0 cm³/mol. The highest BCUT2D eigenvalue weighted by Gasteiger charge is 2.20. The molecule has 1 atom stereocenters. The number of benzene rings is 1. The number of anilines is 1. The quantitative estimate of drug-likeness (QED) is 0.846. The molecule has 0 aliphatic rings. The van der Waals surface area contributed by atoms with E-state index in [4.69, 9.17) is 14.6 Å². The summed E-state index contributed by atoms with van der Waals surface area (Å²) in [6.07, 6.45) is 0. The van der Waals surface area contributed by atoms with E-state index in [1.807, 2.05) is 0 Å². The molecule has 0 saturated carbocycles. The molecule has 0 bridgehead atoms. The summed E-state index contributed by atoms with van der Waals surface area (Å²) in [5.74, 6) is 0.379. The average molecular weight is 239 g/mol. The smallest absolute Gasteiger partial charge is 0.326 e. The molecule has 0 aromatic heterocycles. The summed E-state index contributed by atoms with van der Waals surface area (Å²) in [6, 6.07) is 4.62. The second kappa shape index (κ2) is 5.43. The van der Waals surface area contributed by atoms with Crippen LogP contribution in [-0.4, -0.2) is 38.4 Å². The lowest BCUT2D eigenvalue weighted by atomic mass is 10.2. The SMILES string of the molecule is COc1ccc(OC)c(N(C)[C@H](C)C(=O)O)c1. The minimum Gasteiger partial charge on any atom is -0.497 e. The standard InChI is InChI=1S/C12H17NO4/c1-8(12(14)15)13(2)10-7-9(16-3)5-6-11(10)17-4/h5-8H,1-4H3,(H,14,15)/t8-/m1/s1. The summed E-state index contributed by atoms with van der Waals surface area (Å²) in [4.78, 5) is 12.6. The van der Waals surface area contributed by atoms with Gasteiger partial charge in [-0.25, -0.2) is 4.79 Å². The topological polar surface area (TPSA) is 59.0 Å². The molecule has 1 aromatic carbocycles. The van der Waals surface area contributed by atoms with E-state index >= 15 is 0 Å². The second-order valence-electron chi connectivity index (χ2n) is 3.66. The minimum absolute atomic E-state index is 0.612. The van der Waals surface area contributed by atoms with Crippen LogP contribution < -0.4 is 14.4 Å². The third-order valence-electron chi connectivity index (χ3n) is 2.70. The van der Waals surface area contributed by atoms with E-state index in [1.165, 1.54) is 0 Å². The molecule has 0 radical (unpaired) electrons. The Morgan fingerprint density at radius 2 is 2.00 bits per heavy atom. The van der Waals surface area contributed by atoms with E-state index in [0.29, 0.717) is 17.2 Å². The van der Waals surface area contributed by atoms with Crippen molar-refractivity contribution in [1.29, 1.82) is 0 Å². The Morgan fingerprint density at radius 1 is 1.35 bits per heavy atom. The molecule has 5 nitrogen and oxygen atoms in total. The van der Waals surface area contributed by atoms with Gasteiger partial charge in [-0.05, 0) is 19.1 Å². The van der Waals surface area contributed by atoms with Crippen LogP contribution in [0.5, 0.6) is 11.5 Å². The van der Waals surface area contributed by atoms with Crippen molar-refractivity contribution in [3.05, 3.63) is 18.2 Å². The first-order valence-electron chi connectivity index (χ1n) is 5.19. The highest BCUT2D eigenvalue weighted by atomic mass is 16.5. The van der Waals surface area contributed by atoms with Gasteiger partial charge in [-0.2, -0.15) is 0 Å². The molecule has 0 aliphatic carbocycles. The Morgan fingerprint density at radius 3 is 2.47 bits per heavy atom. The van der Waals surface area contributed by atoms with Gasteiger partial charge in [-0.15, -0.1) is 0 Å². The van der Waals surface area contributed by atoms with E-state index in [1.54, 1.807) is 51.3 Å². The average Bonchev–Trinajstić information content (AvgIpc) is 2.35. The van der Waals surface area contributed by atoms with E-state index in [2.05, 4.69) is 0 Å². The lowest BCUT2D eigenvalue weighted by Gasteiger charge is -2.25. The van der Waals surface area contributed by atoms with Gasteiger partial charge >= 0.3 is 5.97 Å². The molecule has 0 unspecified atom stereocenters. The van der Waals surface area contributed by atoms with Gasteiger partial charge in [0.25, 0.3) is 0 Å². The number of ether oxygens (including phenoxy) is 2. The third-order valence-corrected chi connectivity index (χ3v) is 2.70. The number of carboxylic acid groups (broad SMARTS) is 1. The van der Waals surface area contributed by atoms with Gasteiger partial charge in [0.2, 0.25) is 0 Å². The first kappa shape index (κ1) is 13.2. The maximum absolute atomic E-state index is 11.0. The van der Waals surface area contributed by atoms with Gasteiger partial charge in [-0.3, -0.25) is 0 Å². The maximum Gasteiger partial charge on any atom is 0.326 e. The van der Waals surface area contributed by atoms with Crippen LogP contribution in [-0.2, 0) is 4.79 Å². The summed E-state index contributed by atoms with van der Waals surface area (Å²) in [7, 11) is 4.81. The van der Waals surface area contributed by atoms with Crippen molar-refractivity contribution >= 4 is 11.7 Å². The zero-order chi connectivity index (χ0) is 13.0. The Balaban J connectivity index is 3.13. The molecule has 1 N–H and O–H groups in total. The van der Waals surface area contributed by atoms with Crippen LogP contribution in [0.2, 0.25) is 0 Å². The molecular weight excluding hydrogens is 222 g/mol. The highest BCUT2D eigenvalue weighted by Crippen LogP contribution is 2.32. The largest absolute Gasteiger partial charge is 0.497 e. The van der Waals surface area contributed by atoms with Crippen LogP contribution in [0.1, 0.15) is 6.92 Å². The number of aliphatic carboxylic acids is 1. The lowest BCUT2D eigenvalue weighted by molar-refractivity contribution is -0.138. The Hall–Kier alpha value is -1.91. The fourth-order valence-corrected chi connectivity index (χ4v) is 1.45. The summed E-state index contributed by atoms with van der Waals surface area (Å²) in [5.41, 5.74) is 0.682. The normalized spacial score (nSPS) is 11.8. The van der Waals surface area contributed by atoms with Crippen molar-refractivity contribution in [2.45, 2.75) is 13.0 Å². The molecule has 0 heterocycles. The summed E-state index contributed by atoms with van der Waals surface area (Å²) < 4.78 is 10.3. The zero-order valence-electron chi connectivity index (χ0n) is 10.4. The molecule has 0 spiro atoms. The number of nitrogens with zero attached hydrogens (tertiary/aromatic N) is 1. The van der Waals surface area contributed by atoms with E-state index in [9.17, 15) is 4.79 Å². The van der Waals surface area contributed by atoms with Gasteiger partial charge in [0.05, 0.1) is 19.9 Å². The molecule has 0 aliphatic heterocycles. The Bertz CT molecular complexity index is 405. The molecule has 94 valence electrons. The molecular formula is C12H17NO4. The van der Waals surface area contributed by atoms with Crippen molar-refractivity contribution in [3.8, 4) is 11.5 Å². The number of hydrogen-bond donors (Lipinski definition) is 1. The van der Waals surface area contributed by atoms with Gasteiger partial charge in [0.1, 0.15) is 17.5 Å². The maximum atomic E-state index is 11.0. The number of rotatable bonds is 5. The fraction of sp³-hybridized carbons (Fsp3) is 0.417. The fourth-order valence-electron chi connectivity index (χ4n) is 1.45. The third kappa shape index (κ3) is 2.81. The molecule has 0 amide bonds. The van der Waals surface area contributed by atoms with E-state index < -0.39 is 12.0 Å². The van der Waals surface area contributed by atoms with Gasteiger partial charge in [-0.1, -0.05) is 0 Å². The number of carbonyl (C=O) groups is 1. The number of methoxy groups -OCH3 is 2. The Kier molecular flexibility index (Phi) is 4.20. The van der Waals surface area contributed by atoms with Crippen LogP contribution >= 0.6 is 0 Å². The minimum atomic E-state index is -0.891. The van der Waals surface area contributed by atoms with Crippen LogP contribution in [0.15, 0.2) is 18.2 Å². The molecule has 0 fully saturated rings. The van der Waals surface area contributed by atoms with Crippen LogP contribution in [0.3, 0.4) is 0 Å². The molecule has 5 heteroatoms. The second-order valence-corrected chi connectivity index (χ2v) is 3.66. The highest BCUT2D eigenvalue weighted by molar-refractivity contribution is 5.79. The molecule has 1 rings (SSSR count). The van der Waals surface area contributed by atoms with Crippen molar-refractivity contribution in [2.24, 2.45) is 0 Å². The van der Waals surface area contributed by atoms with Crippen LogP contribution in [0.4, 0.5) is 5.69 Å². The van der Waals surface area contributed by atoms with E-state index in [-0.39, 0.29) is 0 Å². The Labute approximate surface area is 101 Å². The number of carboxylic acids is 1. The van der Waals surface area contributed by atoms with Crippen LogP contribution in [0.25, 0.3) is 0 Å². The zero-order valence-corrected chi connectivity index (χ0v) is 10.4. The first-order valence-corrected chi connectivity index (χ1v) is 5.19. The van der Waals surface area contributed by atoms with Gasteiger partial charge in [0, 0.05) is 13.1 Å². The summed E-state index contributed by atoms with van der Waals surface area (Å²) >= 11 is 0. The first-order chi connectivity index (χ1) is 8.01. The predicted octanol–water partition coefficient (Wildman–Crippen LogP) is 1.61. The molecule has 0 saturated heterocycles. The van der Waals surface area contributed by atoms with Crippen molar-refractivity contribution in [3.63, 3.8) is 0 Å². The lowest BCUT2D eigenvalue weighted by Crippen LogP contribution is -2.35. The van der Waals surface area contributed by atoms with Gasteiger partial charge < -0.3 is 19.5 Å².